The highest BCUT2D eigenvalue weighted by molar-refractivity contribution is 7.80. The number of rotatable bonds is 3. The Morgan fingerprint density at radius 2 is 1.75 bits per heavy atom. The Hall–Kier alpha value is -1.16. The number of thiocarbonyl (C=S) groups is 1. The van der Waals surface area contributed by atoms with E-state index in [4.69, 9.17) is 18.0 Å². The molecule has 4 saturated carbocycles. The largest absolute Gasteiger partial charge is 0.388 e. The van der Waals surface area contributed by atoms with Crippen LogP contribution in [0.3, 0.4) is 0 Å². The third kappa shape index (κ3) is 2.10. The molecule has 1 heterocycles. The number of aromatic nitrogens is 1. The van der Waals surface area contributed by atoms with Crippen molar-refractivity contribution in [2.75, 3.05) is 5.32 Å². The maximum Gasteiger partial charge on any atom is 0.127 e. The van der Waals surface area contributed by atoms with Crippen molar-refractivity contribution in [1.82, 2.24) is 4.98 Å². The van der Waals surface area contributed by atoms with Crippen molar-refractivity contribution in [3.8, 4) is 0 Å². The van der Waals surface area contributed by atoms with Gasteiger partial charge < -0.3 is 11.1 Å². The van der Waals surface area contributed by atoms with Crippen LogP contribution in [0.5, 0.6) is 0 Å². The van der Waals surface area contributed by atoms with Gasteiger partial charge in [-0.2, -0.15) is 0 Å². The van der Waals surface area contributed by atoms with Gasteiger partial charge in [0.25, 0.3) is 0 Å². The van der Waals surface area contributed by atoms with Crippen molar-refractivity contribution in [2.24, 2.45) is 23.5 Å². The van der Waals surface area contributed by atoms with E-state index in [-0.39, 0.29) is 5.54 Å². The van der Waals surface area contributed by atoms with E-state index in [0.29, 0.717) is 4.99 Å². The molecule has 3 N–H and O–H groups in total. The van der Waals surface area contributed by atoms with Crippen molar-refractivity contribution in [2.45, 2.75) is 44.1 Å². The van der Waals surface area contributed by atoms with Crippen molar-refractivity contribution >= 4 is 23.0 Å². The molecule has 0 amide bonds. The number of nitrogens with two attached hydrogens (primary N) is 1. The van der Waals surface area contributed by atoms with Gasteiger partial charge in [-0.05, 0) is 68.4 Å². The Balaban J connectivity index is 1.59. The monoisotopic (exact) mass is 287 g/mol. The van der Waals surface area contributed by atoms with E-state index in [1.54, 1.807) is 0 Å². The second-order valence-electron chi connectivity index (χ2n) is 7.10. The highest BCUT2D eigenvalue weighted by Gasteiger charge is 2.51. The summed E-state index contributed by atoms with van der Waals surface area (Å²) in [6, 6.07) is 5.91. The lowest BCUT2D eigenvalue weighted by molar-refractivity contribution is 0.0105. The topological polar surface area (TPSA) is 50.9 Å². The van der Waals surface area contributed by atoms with Gasteiger partial charge in [0.1, 0.15) is 10.8 Å². The Labute approximate surface area is 125 Å². The molecule has 4 heteroatoms. The minimum Gasteiger partial charge on any atom is -0.388 e. The lowest BCUT2D eigenvalue weighted by Crippen LogP contribution is -2.54. The predicted octanol–water partition coefficient (Wildman–Crippen LogP) is 3.10. The first-order valence-electron chi connectivity index (χ1n) is 7.67. The van der Waals surface area contributed by atoms with Crippen LogP contribution in [0.4, 0.5) is 5.82 Å². The first kappa shape index (κ1) is 12.6. The molecule has 4 aliphatic carbocycles. The molecule has 0 unspecified atom stereocenters. The van der Waals surface area contributed by atoms with E-state index in [1.807, 2.05) is 18.2 Å². The van der Waals surface area contributed by atoms with Crippen LogP contribution in [0.1, 0.15) is 44.2 Å². The first-order chi connectivity index (χ1) is 9.62. The second kappa shape index (κ2) is 4.42. The summed E-state index contributed by atoms with van der Waals surface area (Å²) in [4.78, 5) is 4.95. The molecule has 0 aromatic carbocycles. The number of pyridine rings is 1. The Morgan fingerprint density at radius 1 is 1.15 bits per heavy atom. The van der Waals surface area contributed by atoms with Crippen LogP contribution in [0.15, 0.2) is 18.2 Å². The van der Waals surface area contributed by atoms with Crippen LogP contribution in [-0.4, -0.2) is 15.5 Å². The number of hydrogen-bond acceptors (Lipinski definition) is 3. The van der Waals surface area contributed by atoms with Crippen LogP contribution in [0.2, 0.25) is 0 Å². The molecule has 1 aromatic rings. The summed E-state index contributed by atoms with van der Waals surface area (Å²) in [5, 5.41) is 3.76. The molecule has 5 rings (SSSR count). The molecule has 0 radical (unpaired) electrons. The van der Waals surface area contributed by atoms with Crippen molar-refractivity contribution in [3.63, 3.8) is 0 Å². The fourth-order valence-electron chi connectivity index (χ4n) is 5.18. The molecule has 4 fully saturated rings. The highest BCUT2D eigenvalue weighted by Crippen LogP contribution is 2.56. The first-order valence-corrected chi connectivity index (χ1v) is 8.08. The fraction of sp³-hybridized carbons (Fsp3) is 0.625. The highest BCUT2D eigenvalue weighted by atomic mass is 32.1. The Kier molecular flexibility index (Phi) is 2.78. The van der Waals surface area contributed by atoms with Gasteiger partial charge in [-0.25, -0.2) is 4.98 Å². The molecule has 3 nitrogen and oxygen atoms in total. The van der Waals surface area contributed by atoms with Crippen LogP contribution in [0.25, 0.3) is 0 Å². The summed E-state index contributed by atoms with van der Waals surface area (Å²) in [6.45, 7) is 0. The third-order valence-corrected chi connectivity index (χ3v) is 5.64. The quantitative estimate of drug-likeness (QED) is 0.839. The number of nitrogens with zero attached hydrogens (tertiary/aromatic N) is 1. The van der Waals surface area contributed by atoms with Crippen LogP contribution in [-0.2, 0) is 0 Å². The maximum atomic E-state index is 5.68. The van der Waals surface area contributed by atoms with Gasteiger partial charge in [-0.3, -0.25) is 0 Å². The van der Waals surface area contributed by atoms with Crippen LogP contribution >= 0.6 is 12.2 Å². The molecule has 0 spiro atoms. The molecule has 20 heavy (non-hydrogen) atoms. The summed E-state index contributed by atoms with van der Waals surface area (Å²) in [5.74, 6) is 3.75. The smallest absolute Gasteiger partial charge is 0.127 e. The molecule has 0 aliphatic heterocycles. The van der Waals surface area contributed by atoms with E-state index in [1.165, 1.54) is 38.5 Å². The summed E-state index contributed by atoms with van der Waals surface area (Å²) >= 11 is 5.03. The van der Waals surface area contributed by atoms with Crippen molar-refractivity contribution < 1.29 is 0 Å². The normalized spacial score (nSPS) is 37.9. The molecular weight excluding hydrogens is 266 g/mol. The van der Waals surface area contributed by atoms with Gasteiger partial charge in [0, 0.05) is 5.54 Å². The van der Waals surface area contributed by atoms with E-state index >= 15 is 0 Å². The minimum atomic E-state index is 0.288. The van der Waals surface area contributed by atoms with Gasteiger partial charge in [0.2, 0.25) is 0 Å². The van der Waals surface area contributed by atoms with Gasteiger partial charge in [-0.1, -0.05) is 18.3 Å². The lowest BCUT2D eigenvalue weighted by atomic mass is 9.53. The van der Waals surface area contributed by atoms with Crippen molar-refractivity contribution in [1.29, 1.82) is 0 Å². The summed E-state index contributed by atoms with van der Waals surface area (Å²) < 4.78 is 0. The van der Waals surface area contributed by atoms with Gasteiger partial charge in [0.05, 0.1) is 5.69 Å². The maximum absolute atomic E-state index is 5.68. The lowest BCUT2D eigenvalue weighted by Gasteiger charge is -2.57. The van der Waals surface area contributed by atoms with E-state index in [2.05, 4.69) is 10.3 Å². The Bertz CT molecular complexity index is 519. The second-order valence-corrected chi connectivity index (χ2v) is 7.54. The van der Waals surface area contributed by atoms with E-state index in [0.717, 1.165) is 29.3 Å². The number of nitrogens with one attached hydrogen (secondary N) is 1. The van der Waals surface area contributed by atoms with Crippen LogP contribution < -0.4 is 11.1 Å². The molecule has 106 valence electrons. The number of anilines is 1. The van der Waals surface area contributed by atoms with Crippen molar-refractivity contribution in [3.05, 3.63) is 23.9 Å². The molecule has 1 aromatic heterocycles. The zero-order valence-corrected chi connectivity index (χ0v) is 12.5. The average Bonchev–Trinajstić information content (AvgIpc) is 2.36. The molecule has 4 aliphatic rings. The minimum absolute atomic E-state index is 0.288. The van der Waals surface area contributed by atoms with E-state index < -0.39 is 0 Å². The molecule has 4 bridgehead atoms. The Morgan fingerprint density at radius 3 is 2.30 bits per heavy atom. The summed E-state index contributed by atoms with van der Waals surface area (Å²) in [7, 11) is 0. The van der Waals surface area contributed by atoms with Gasteiger partial charge in [0.15, 0.2) is 0 Å². The molecule has 0 atom stereocenters. The summed E-state index contributed by atoms with van der Waals surface area (Å²) in [6.07, 6.45) is 8.33. The number of hydrogen-bond donors (Lipinski definition) is 2. The molecular formula is C16H21N3S. The molecule has 0 saturated heterocycles. The van der Waals surface area contributed by atoms with Gasteiger partial charge in [-0.15, -0.1) is 0 Å². The standard InChI is InChI=1S/C16H21N3S/c17-15(20)13-2-1-3-14(18-13)19-16-7-10-4-11(8-16)6-12(5-10)9-16/h1-3,10-12H,4-9H2,(H2,17,20)(H,18,19). The van der Waals surface area contributed by atoms with Gasteiger partial charge >= 0.3 is 0 Å². The predicted molar refractivity (Wildman–Crippen MR) is 84.7 cm³/mol. The third-order valence-electron chi connectivity index (χ3n) is 5.43. The fourth-order valence-corrected chi connectivity index (χ4v) is 5.29. The van der Waals surface area contributed by atoms with Crippen LogP contribution in [0, 0.1) is 17.8 Å². The zero-order valence-electron chi connectivity index (χ0n) is 11.6. The zero-order chi connectivity index (χ0) is 13.7. The average molecular weight is 287 g/mol. The summed E-state index contributed by atoms with van der Waals surface area (Å²) in [5.41, 5.74) is 6.69. The van der Waals surface area contributed by atoms with E-state index in [9.17, 15) is 0 Å². The SMILES string of the molecule is NC(=S)c1cccc(NC23CC4CC(CC(C4)C2)C3)n1.